The molecule has 1 aromatic heterocycles. The van der Waals surface area contributed by atoms with E-state index in [0.29, 0.717) is 11.3 Å². The molecular weight excluding hydrogens is 208 g/mol. The lowest BCUT2D eigenvalue weighted by atomic mass is 10.2. The average molecular weight is 220 g/mol. The topological polar surface area (TPSA) is 64.3 Å². The lowest BCUT2D eigenvalue weighted by molar-refractivity contribution is 0.0693. The highest BCUT2D eigenvalue weighted by Gasteiger charge is 2.15. The number of aromatic nitrogens is 2. The molecule has 5 nitrogen and oxygen atoms in total. The fraction of sp³-hybridized carbons (Fsp3) is 0.273. The van der Waals surface area contributed by atoms with Gasteiger partial charge in [-0.05, 0) is 13.0 Å². The van der Waals surface area contributed by atoms with Crippen LogP contribution >= 0.6 is 0 Å². The molecule has 0 spiro atoms. The van der Waals surface area contributed by atoms with E-state index in [1.165, 1.54) is 13.2 Å². The minimum atomic E-state index is -1.01. The van der Waals surface area contributed by atoms with Crippen molar-refractivity contribution in [1.29, 1.82) is 0 Å². The first-order chi connectivity index (χ1) is 7.54. The van der Waals surface area contributed by atoms with Gasteiger partial charge in [-0.3, -0.25) is 0 Å². The van der Waals surface area contributed by atoms with Crippen LogP contribution in [0.1, 0.15) is 16.2 Å². The van der Waals surface area contributed by atoms with E-state index in [0.717, 1.165) is 11.3 Å². The highest BCUT2D eigenvalue weighted by molar-refractivity contribution is 5.96. The second kappa shape index (κ2) is 3.52. The Hall–Kier alpha value is -2.04. The molecule has 0 saturated carbocycles. The van der Waals surface area contributed by atoms with E-state index in [1.807, 2.05) is 18.5 Å². The predicted molar refractivity (Wildman–Crippen MR) is 59.0 cm³/mol. The number of fused-ring (bicyclic) bond motifs is 1. The molecule has 2 rings (SSSR count). The van der Waals surface area contributed by atoms with Crippen LogP contribution in [-0.2, 0) is 7.05 Å². The maximum absolute atomic E-state index is 11.0. The molecule has 0 aliphatic rings. The molecule has 0 bridgehead atoms. The predicted octanol–water partition coefficient (Wildman–Crippen LogP) is 1.59. The van der Waals surface area contributed by atoms with Gasteiger partial charge in [-0.15, -0.1) is 0 Å². The van der Waals surface area contributed by atoms with E-state index in [-0.39, 0.29) is 5.56 Å². The summed E-state index contributed by atoms with van der Waals surface area (Å²) in [6.07, 6.45) is 0. The zero-order valence-electron chi connectivity index (χ0n) is 9.31. The van der Waals surface area contributed by atoms with Crippen LogP contribution in [0.25, 0.3) is 11.0 Å². The number of imidazole rings is 1. The van der Waals surface area contributed by atoms with Gasteiger partial charge in [-0.1, -0.05) is 0 Å². The normalized spacial score (nSPS) is 10.7. The number of hydrogen-bond donors (Lipinski definition) is 1. The molecule has 0 fully saturated rings. The molecule has 2 aromatic rings. The summed E-state index contributed by atoms with van der Waals surface area (Å²) in [5.74, 6) is 0.171. The third-order valence-corrected chi connectivity index (χ3v) is 2.66. The average Bonchev–Trinajstić information content (AvgIpc) is 2.53. The molecule has 0 saturated heterocycles. The van der Waals surface area contributed by atoms with E-state index in [4.69, 9.17) is 9.84 Å². The van der Waals surface area contributed by atoms with Gasteiger partial charge in [0.15, 0.2) is 0 Å². The third-order valence-electron chi connectivity index (χ3n) is 2.66. The lowest BCUT2D eigenvalue weighted by Crippen LogP contribution is -2.00. The van der Waals surface area contributed by atoms with Crippen LogP contribution < -0.4 is 4.74 Å². The van der Waals surface area contributed by atoms with Crippen LogP contribution in [0.4, 0.5) is 0 Å². The van der Waals surface area contributed by atoms with Crippen LogP contribution in [-0.4, -0.2) is 27.7 Å². The van der Waals surface area contributed by atoms with Gasteiger partial charge in [0.2, 0.25) is 0 Å². The first-order valence-electron chi connectivity index (χ1n) is 4.79. The second-order valence-corrected chi connectivity index (χ2v) is 3.56. The SMILES string of the molecule is COc1cc2c(cc1C(=O)O)nc(C)n2C. The highest BCUT2D eigenvalue weighted by Crippen LogP contribution is 2.25. The molecule has 5 heteroatoms. The fourth-order valence-electron chi connectivity index (χ4n) is 1.68. The number of carboxylic acids is 1. The number of aromatic carboxylic acids is 1. The number of carboxylic acid groups (broad SMARTS) is 1. The number of ether oxygens (including phenoxy) is 1. The molecule has 0 aliphatic heterocycles. The van der Waals surface area contributed by atoms with E-state index >= 15 is 0 Å². The Labute approximate surface area is 92.3 Å². The second-order valence-electron chi connectivity index (χ2n) is 3.56. The summed E-state index contributed by atoms with van der Waals surface area (Å²) in [4.78, 5) is 15.3. The maximum Gasteiger partial charge on any atom is 0.339 e. The van der Waals surface area contributed by atoms with Gasteiger partial charge in [-0.2, -0.15) is 0 Å². The fourth-order valence-corrected chi connectivity index (χ4v) is 1.68. The third kappa shape index (κ3) is 1.41. The summed E-state index contributed by atoms with van der Waals surface area (Å²) in [7, 11) is 3.33. The minimum absolute atomic E-state index is 0.133. The molecule has 0 aliphatic carbocycles. The van der Waals surface area contributed by atoms with Gasteiger partial charge in [0.1, 0.15) is 17.1 Å². The van der Waals surface area contributed by atoms with E-state index in [1.54, 1.807) is 6.07 Å². The van der Waals surface area contributed by atoms with E-state index in [2.05, 4.69) is 4.98 Å². The summed E-state index contributed by atoms with van der Waals surface area (Å²) in [5.41, 5.74) is 1.66. The Kier molecular flexibility index (Phi) is 2.30. The van der Waals surface area contributed by atoms with Crippen molar-refractivity contribution in [3.63, 3.8) is 0 Å². The van der Waals surface area contributed by atoms with Gasteiger partial charge < -0.3 is 14.4 Å². The summed E-state index contributed by atoms with van der Waals surface area (Å²) >= 11 is 0. The number of aryl methyl sites for hydroxylation is 2. The molecule has 1 aromatic carbocycles. The van der Waals surface area contributed by atoms with E-state index in [9.17, 15) is 4.79 Å². The minimum Gasteiger partial charge on any atom is -0.496 e. The Morgan fingerprint density at radius 1 is 1.50 bits per heavy atom. The standard InChI is InChI=1S/C11H12N2O3/c1-6-12-8-4-7(11(14)15)10(16-3)5-9(8)13(6)2/h4-5H,1-3H3,(H,14,15). The quantitative estimate of drug-likeness (QED) is 0.834. The van der Waals surface area contributed by atoms with Crippen molar-refractivity contribution in [2.45, 2.75) is 6.92 Å². The Morgan fingerprint density at radius 2 is 2.19 bits per heavy atom. The molecule has 0 atom stereocenters. The number of rotatable bonds is 2. The molecule has 0 radical (unpaired) electrons. The highest BCUT2D eigenvalue weighted by atomic mass is 16.5. The van der Waals surface area contributed by atoms with Crippen molar-refractivity contribution < 1.29 is 14.6 Å². The number of benzene rings is 1. The van der Waals surface area contributed by atoms with Crippen LogP contribution in [0.15, 0.2) is 12.1 Å². The van der Waals surface area contributed by atoms with Crippen molar-refractivity contribution in [2.24, 2.45) is 7.05 Å². The maximum atomic E-state index is 11.0. The monoisotopic (exact) mass is 220 g/mol. The zero-order chi connectivity index (χ0) is 11.9. The van der Waals surface area contributed by atoms with Crippen LogP contribution in [0.5, 0.6) is 5.75 Å². The molecule has 16 heavy (non-hydrogen) atoms. The molecule has 1 N–H and O–H groups in total. The lowest BCUT2D eigenvalue weighted by Gasteiger charge is -2.05. The van der Waals surface area contributed by atoms with Gasteiger partial charge >= 0.3 is 5.97 Å². The summed E-state index contributed by atoms with van der Waals surface area (Å²) in [6, 6.07) is 3.22. The van der Waals surface area contributed by atoms with Gasteiger partial charge in [0, 0.05) is 13.1 Å². The van der Waals surface area contributed by atoms with Crippen molar-refractivity contribution in [2.75, 3.05) is 7.11 Å². The molecule has 0 amide bonds. The van der Waals surface area contributed by atoms with Crippen LogP contribution in [0.3, 0.4) is 0 Å². The first kappa shape index (κ1) is 10.5. The van der Waals surface area contributed by atoms with Gasteiger partial charge in [0.25, 0.3) is 0 Å². The Balaban J connectivity index is 2.80. The molecular formula is C11H12N2O3. The largest absolute Gasteiger partial charge is 0.496 e. The van der Waals surface area contributed by atoms with Crippen molar-refractivity contribution in [3.8, 4) is 5.75 Å². The Bertz CT molecular complexity index is 572. The van der Waals surface area contributed by atoms with Crippen LogP contribution in [0.2, 0.25) is 0 Å². The van der Waals surface area contributed by atoms with E-state index < -0.39 is 5.97 Å². The smallest absolute Gasteiger partial charge is 0.339 e. The zero-order valence-corrected chi connectivity index (χ0v) is 9.31. The van der Waals surface area contributed by atoms with Crippen molar-refractivity contribution in [3.05, 3.63) is 23.5 Å². The first-order valence-corrected chi connectivity index (χ1v) is 4.79. The number of nitrogens with zero attached hydrogens (tertiary/aromatic N) is 2. The molecule has 84 valence electrons. The number of carbonyl (C=O) groups is 1. The summed E-state index contributed by atoms with van der Waals surface area (Å²) in [5, 5.41) is 9.02. The number of hydrogen-bond acceptors (Lipinski definition) is 3. The summed E-state index contributed by atoms with van der Waals surface area (Å²) < 4.78 is 6.95. The van der Waals surface area contributed by atoms with Crippen LogP contribution in [0, 0.1) is 6.92 Å². The summed E-state index contributed by atoms with van der Waals surface area (Å²) in [6.45, 7) is 1.87. The van der Waals surface area contributed by atoms with Gasteiger partial charge in [-0.25, -0.2) is 9.78 Å². The van der Waals surface area contributed by atoms with Crippen molar-refractivity contribution >= 4 is 17.0 Å². The van der Waals surface area contributed by atoms with Crippen molar-refractivity contribution in [1.82, 2.24) is 9.55 Å². The number of methoxy groups -OCH3 is 1. The molecule has 0 unspecified atom stereocenters. The molecule has 1 heterocycles. The Morgan fingerprint density at radius 3 is 2.75 bits per heavy atom. The van der Waals surface area contributed by atoms with Gasteiger partial charge in [0.05, 0.1) is 18.1 Å².